The minimum absolute atomic E-state index is 0.0171. The van der Waals surface area contributed by atoms with Crippen molar-refractivity contribution < 1.29 is 15.0 Å². The van der Waals surface area contributed by atoms with Gasteiger partial charge < -0.3 is 20.4 Å². The standard InChI is InChI=1S/C17H26N2O3/c1-13(21)10-15(14-6-3-2-4-7-14)11-18-17(22)19-9-5-8-16(19)12-20/h2-4,6-7,13,15-16,20-21H,5,8-12H2,1H3,(H,18,22)/t13?,15?,16-/m0/s1. The van der Waals surface area contributed by atoms with Gasteiger partial charge in [-0.2, -0.15) is 0 Å². The SMILES string of the molecule is CC(O)CC(CNC(=O)N1CCC[C@H]1CO)c1ccccc1. The average Bonchev–Trinajstić information content (AvgIpc) is 3.00. The van der Waals surface area contributed by atoms with Crippen molar-refractivity contribution in [2.75, 3.05) is 19.7 Å². The number of nitrogens with zero attached hydrogens (tertiary/aromatic N) is 1. The van der Waals surface area contributed by atoms with Gasteiger partial charge in [-0.3, -0.25) is 0 Å². The maximum absolute atomic E-state index is 12.3. The fraction of sp³-hybridized carbons (Fsp3) is 0.588. The lowest BCUT2D eigenvalue weighted by Crippen LogP contribution is -2.45. The highest BCUT2D eigenvalue weighted by Gasteiger charge is 2.28. The Hall–Kier alpha value is -1.59. The molecule has 22 heavy (non-hydrogen) atoms. The Balaban J connectivity index is 1.95. The number of carbonyl (C=O) groups is 1. The predicted octanol–water partition coefficient (Wildman–Crippen LogP) is 1.71. The number of nitrogens with one attached hydrogen (secondary N) is 1. The van der Waals surface area contributed by atoms with E-state index in [4.69, 9.17) is 0 Å². The normalized spacial score (nSPS) is 20.7. The number of urea groups is 1. The highest BCUT2D eigenvalue weighted by atomic mass is 16.3. The van der Waals surface area contributed by atoms with Crippen LogP contribution in [-0.4, -0.2) is 53.0 Å². The molecule has 2 unspecified atom stereocenters. The van der Waals surface area contributed by atoms with Crippen LogP contribution in [0.2, 0.25) is 0 Å². The van der Waals surface area contributed by atoms with Gasteiger partial charge in [-0.15, -0.1) is 0 Å². The summed E-state index contributed by atoms with van der Waals surface area (Å²) in [5.41, 5.74) is 1.11. The summed E-state index contributed by atoms with van der Waals surface area (Å²) in [5, 5.41) is 21.9. The molecule has 0 aromatic heterocycles. The molecule has 1 aromatic carbocycles. The van der Waals surface area contributed by atoms with E-state index >= 15 is 0 Å². The number of aliphatic hydroxyl groups is 2. The number of benzene rings is 1. The minimum Gasteiger partial charge on any atom is -0.394 e. The molecule has 1 saturated heterocycles. The molecule has 5 heteroatoms. The Morgan fingerprint density at radius 1 is 1.41 bits per heavy atom. The second-order valence-electron chi connectivity index (χ2n) is 6.05. The molecule has 2 amide bonds. The average molecular weight is 306 g/mol. The number of hydrogen-bond donors (Lipinski definition) is 3. The Morgan fingerprint density at radius 2 is 2.14 bits per heavy atom. The summed E-state index contributed by atoms with van der Waals surface area (Å²) in [5.74, 6) is 0.0836. The van der Waals surface area contributed by atoms with E-state index in [1.165, 1.54) is 0 Å². The molecule has 5 nitrogen and oxygen atoms in total. The number of aliphatic hydroxyl groups excluding tert-OH is 2. The highest BCUT2D eigenvalue weighted by molar-refractivity contribution is 5.75. The predicted molar refractivity (Wildman–Crippen MR) is 85.7 cm³/mol. The van der Waals surface area contributed by atoms with Gasteiger partial charge in [0.05, 0.1) is 18.8 Å². The van der Waals surface area contributed by atoms with E-state index in [-0.39, 0.29) is 24.6 Å². The van der Waals surface area contributed by atoms with Crippen LogP contribution >= 0.6 is 0 Å². The van der Waals surface area contributed by atoms with Gasteiger partial charge in [0.25, 0.3) is 0 Å². The molecule has 0 spiro atoms. The Kier molecular flexibility index (Phi) is 6.21. The van der Waals surface area contributed by atoms with E-state index in [0.29, 0.717) is 19.5 Å². The molecule has 3 atom stereocenters. The van der Waals surface area contributed by atoms with Crippen LogP contribution in [0.15, 0.2) is 30.3 Å². The van der Waals surface area contributed by atoms with Crippen LogP contribution in [0.1, 0.15) is 37.7 Å². The third-order valence-corrected chi connectivity index (χ3v) is 4.25. The van der Waals surface area contributed by atoms with Crippen molar-refractivity contribution in [3.05, 3.63) is 35.9 Å². The van der Waals surface area contributed by atoms with E-state index in [9.17, 15) is 15.0 Å². The minimum atomic E-state index is -0.418. The topological polar surface area (TPSA) is 72.8 Å². The molecule has 3 N–H and O–H groups in total. The highest BCUT2D eigenvalue weighted by Crippen LogP contribution is 2.21. The first-order valence-corrected chi connectivity index (χ1v) is 8.00. The first-order valence-electron chi connectivity index (χ1n) is 8.00. The number of rotatable bonds is 6. The van der Waals surface area contributed by atoms with Crippen molar-refractivity contribution in [1.29, 1.82) is 0 Å². The van der Waals surface area contributed by atoms with Crippen molar-refractivity contribution >= 4 is 6.03 Å². The molecule has 1 aliphatic heterocycles. The summed E-state index contributed by atoms with van der Waals surface area (Å²) in [6.45, 7) is 2.97. The van der Waals surface area contributed by atoms with Gasteiger partial charge in [-0.25, -0.2) is 4.79 Å². The summed E-state index contributed by atoms with van der Waals surface area (Å²) in [6.07, 6.45) is 1.99. The summed E-state index contributed by atoms with van der Waals surface area (Å²) >= 11 is 0. The summed E-state index contributed by atoms with van der Waals surface area (Å²) in [7, 11) is 0. The number of likely N-dealkylation sites (tertiary alicyclic amines) is 1. The van der Waals surface area contributed by atoms with Crippen LogP contribution in [0.25, 0.3) is 0 Å². The maximum atomic E-state index is 12.3. The zero-order valence-corrected chi connectivity index (χ0v) is 13.1. The van der Waals surface area contributed by atoms with Crippen molar-refractivity contribution in [3.8, 4) is 0 Å². The summed E-state index contributed by atoms with van der Waals surface area (Å²) < 4.78 is 0. The van der Waals surface area contributed by atoms with Gasteiger partial charge in [-0.1, -0.05) is 30.3 Å². The zero-order valence-electron chi connectivity index (χ0n) is 13.1. The van der Waals surface area contributed by atoms with Gasteiger partial charge in [0.15, 0.2) is 0 Å². The van der Waals surface area contributed by atoms with Crippen LogP contribution in [-0.2, 0) is 0 Å². The molecule has 1 aromatic rings. The molecule has 1 aliphatic rings. The molecule has 0 radical (unpaired) electrons. The molecule has 122 valence electrons. The van der Waals surface area contributed by atoms with Gasteiger partial charge >= 0.3 is 6.03 Å². The van der Waals surface area contributed by atoms with Crippen molar-refractivity contribution in [1.82, 2.24) is 10.2 Å². The summed E-state index contributed by atoms with van der Waals surface area (Å²) in [6, 6.07) is 9.74. The smallest absolute Gasteiger partial charge is 0.317 e. The van der Waals surface area contributed by atoms with E-state index in [2.05, 4.69) is 5.32 Å². The number of amides is 2. The fourth-order valence-corrected chi connectivity index (χ4v) is 3.08. The maximum Gasteiger partial charge on any atom is 0.317 e. The fourth-order valence-electron chi connectivity index (χ4n) is 3.08. The molecular weight excluding hydrogens is 280 g/mol. The van der Waals surface area contributed by atoms with Gasteiger partial charge in [0.1, 0.15) is 0 Å². The lowest BCUT2D eigenvalue weighted by molar-refractivity contribution is 0.153. The van der Waals surface area contributed by atoms with Crippen molar-refractivity contribution in [2.45, 2.75) is 44.2 Å². The largest absolute Gasteiger partial charge is 0.394 e. The lowest BCUT2D eigenvalue weighted by Gasteiger charge is -2.25. The third kappa shape index (κ3) is 4.45. The monoisotopic (exact) mass is 306 g/mol. The van der Waals surface area contributed by atoms with Gasteiger partial charge in [-0.05, 0) is 31.7 Å². The Bertz CT molecular complexity index is 464. The van der Waals surface area contributed by atoms with Gasteiger partial charge in [0.2, 0.25) is 0 Å². The van der Waals surface area contributed by atoms with E-state index in [1.807, 2.05) is 30.3 Å². The van der Waals surface area contributed by atoms with Crippen LogP contribution in [0, 0.1) is 0 Å². The Morgan fingerprint density at radius 3 is 2.77 bits per heavy atom. The molecule has 0 bridgehead atoms. The van der Waals surface area contributed by atoms with Crippen molar-refractivity contribution in [3.63, 3.8) is 0 Å². The van der Waals surface area contributed by atoms with E-state index in [1.54, 1.807) is 11.8 Å². The number of carbonyl (C=O) groups excluding carboxylic acids is 1. The summed E-state index contributed by atoms with van der Waals surface area (Å²) in [4.78, 5) is 14.0. The quantitative estimate of drug-likeness (QED) is 0.749. The van der Waals surface area contributed by atoms with Crippen LogP contribution in [0.3, 0.4) is 0 Å². The van der Waals surface area contributed by atoms with Gasteiger partial charge in [0, 0.05) is 19.0 Å². The third-order valence-electron chi connectivity index (χ3n) is 4.25. The number of hydrogen-bond acceptors (Lipinski definition) is 3. The zero-order chi connectivity index (χ0) is 15.9. The Labute approximate surface area is 131 Å². The second-order valence-corrected chi connectivity index (χ2v) is 6.05. The molecular formula is C17H26N2O3. The van der Waals surface area contributed by atoms with Crippen LogP contribution < -0.4 is 5.32 Å². The first-order chi connectivity index (χ1) is 10.6. The molecule has 0 aliphatic carbocycles. The van der Waals surface area contributed by atoms with Crippen molar-refractivity contribution in [2.24, 2.45) is 0 Å². The van der Waals surface area contributed by atoms with Crippen LogP contribution in [0.4, 0.5) is 4.79 Å². The van der Waals surface area contributed by atoms with E-state index in [0.717, 1.165) is 18.4 Å². The lowest BCUT2D eigenvalue weighted by atomic mass is 9.93. The first kappa shape index (κ1) is 16.8. The molecule has 1 fully saturated rings. The molecule has 1 heterocycles. The molecule has 2 rings (SSSR count). The second kappa shape index (κ2) is 8.15. The van der Waals surface area contributed by atoms with E-state index < -0.39 is 6.10 Å². The van der Waals surface area contributed by atoms with Crippen LogP contribution in [0.5, 0.6) is 0 Å². The molecule has 0 saturated carbocycles.